The van der Waals surface area contributed by atoms with Gasteiger partial charge in [0, 0.05) is 32.2 Å². The predicted molar refractivity (Wildman–Crippen MR) is 111 cm³/mol. The first kappa shape index (κ1) is 19.5. The lowest BCUT2D eigenvalue weighted by atomic mass is 10.1. The number of nitrogen functional groups attached to an aromatic ring is 1. The average Bonchev–Trinajstić information content (AvgIpc) is 2.78. The van der Waals surface area contributed by atoms with E-state index < -0.39 is 0 Å². The molecule has 1 amide bonds. The van der Waals surface area contributed by atoms with Gasteiger partial charge in [-0.05, 0) is 29.8 Å². The molecule has 4 aromatic rings. The largest absolute Gasteiger partial charge is 0.381 e. The Morgan fingerprint density at radius 1 is 1.30 bits per heavy atom. The van der Waals surface area contributed by atoms with Gasteiger partial charge in [-0.2, -0.15) is 0 Å². The van der Waals surface area contributed by atoms with E-state index in [1.54, 1.807) is 54.5 Å². The van der Waals surface area contributed by atoms with Gasteiger partial charge in [-0.25, -0.2) is 4.57 Å². The molecule has 0 spiro atoms. The molecule has 0 fully saturated rings. The van der Waals surface area contributed by atoms with Crippen molar-refractivity contribution in [1.29, 1.82) is 0 Å². The Balaban J connectivity index is 1.84. The van der Waals surface area contributed by atoms with Gasteiger partial charge in [-0.15, -0.1) is 0 Å². The Morgan fingerprint density at radius 3 is 2.93 bits per heavy atom. The zero-order valence-corrected chi connectivity index (χ0v) is 16.4. The van der Waals surface area contributed by atoms with Gasteiger partial charge >= 0.3 is 0 Å². The molecule has 4 rings (SSSR count). The number of ether oxygens (including phenoxy) is 1. The van der Waals surface area contributed by atoms with Crippen LogP contribution in [0.2, 0.25) is 0 Å². The van der Waals surface area contributed by atoms with Crippen LogP contribution in [0.1, 0.15) is 15.9 Å². The minimum Gasteiger partial charge on any atom is -0.381 e. The predicted octanol–water partition coefficient (Wildman–Crippen LogP) is 0.689. The van der Waals surface area contributed by atoms with Crippen molar-refractivity contribution in [2.24, 2.45) is 0 Å². The first-order valence-electron chi connectivity index (χ1n) is 9.39. The molecule has 0 aliphatic rings. The zero-order chi connectivity index (χ0) is 21.1. The summed E-state index contributed by atoms with van der Waals surface area (Å²) in [5.74, 6) is -0.169. The molecule has 4 aromatic heterocycles. The fourth-order valence-corrected chi connectivity index (χ4v) is 3.27. The van der Waals surface area contributed by atoms with Crippen molar-refractivity contribution in [3.05, 3.63) is 76.5 Å². The molecule has 9 heteroatoms. The smallest absolute Gasteiger partial charge is 0.278 e. The van der Waals surface area contributed by atoms with Crippen molar-refractivity contribution in [2.45, 2.75) is 13.1 Å². The molecule has 0 aliphatic heterocycles. The SMILES string of the molecule is COCC[n+]1c(N)c(C(=O)NCc2cccnc2)cc2c(=O)n3ccccc3nc21. The highest BCUT2D eigenvalue weighted by Gasteiger charge is 2.24. The number of nitrogens with two attached hydrogens (primary N) is 1. The molecule has 152 valence electrons. The first-order valence-corrected chi connectivity index (χ1v) is 9.39. The third-order valence-electron chi connectivity index (χ3n) is 4.80. The summed E-state index contributed by atoms with van der Waals surface area (Å²) < 4.78 is 8.26. The molecule has 0 radical (unpaired) electrons. The quantitative estimate of drug-likeness (QED) is 0.360. The summed E-state index contributed by atoms with van der Waals surface area (Å²) in [4.78, 5) is 34.6. The molecule has 0 aromatic carbocycles. The van der Waals surface area contributed by atoms with E-state index in [9.17, 15) is 9.59 Å². The highest BCUT2D eigenvalue weighted by atomic mass is 16.5. The van der Waals surface area contributed by atoms with Crippen LogP contribution in [0.15, 0.2) is 59.8 Å². The Kier molecular flexibility index (Phi) is 5.36. The third kappa shape index (κ3) is 3.58. The fourth-order valence-electron chi connectivity index (χ4n) is 3.27. The number of methoxy groups -OCH3 is 1. The second-order valence-electron chi connectivity index (χ2n) is 6.71. The molecule has 0 saturated heterocycles. The number of rotatable bonds is 6. The van der Waals surface area contributed by atoms with Crippen LogP contribution in [-0.4, -0.2) is 34.0 Å². The number of nitrogens with one attached hydrogen (secondary N) is 1. The minimum absolute atomic E-state index is 0.206. The van der Waals surface area contributed by atoms with Crippen LogP contribution in [-0.2, 0) is 17.8 Å². The van der Waals surface area contributed by atoms with E-state index in [0.29, 0.717) is 29.8 Å². The lowest BCUT2D eigenvalue weighted by Gasteiger charge is -2.12. The molecule has 4 heterocycles. The molecule has 9 nitrogen and oxygen atoms in total. The van der Waals surface area contributed by atoms with Gasteiger partial charge in [0.2, 0.25) is 11.5 Å². The van der Waals surface area contributed by atoms with Crippen molar-refractivity contribution >= 4 is 28.4 Å². The van der Waals surface area contributed by atoms with E-state index in [2.05, 4.69) is 15.3 Å². The van der Waals surface area contributed by atoms with Gasteiger partial charge in [-0.1, -0.05) is 17.1 Å². The van der Waals surface area contributed by atoms with E-state index in [4.69, 9.17) is 10.5 Å². The Morgan fingerprint density at radius 2 is 2.17 bits per heavy atom. The van der Waals surface area contributed by atoms with Gasteiger partial charge in [0.1, 0.15) is 10.9 Å². The Bertz CT molecular complexity index is 1290. The second kappa shape index (κ2) is 8.26. The van der Waals surface area contributed by atoms with Crippen molar-refractivity contribution < 1.29 is 14.1 Å². The first-order chi connectivity index (χ1) is 14.6. The molecule has 0 aliphatic carbocycles. The number of hydrogen-bond donors (Lipinski definition) is 2. The van der Waals surface area contributed by atoms with Crippen LogP contribution in [0.4, 0.5) is 5.82 Å². The number of fused-ring (bicyclic) bond motifs is 2. The third-order valence-corrected chi connectivity index (χ3v) is 4.80. The molecule has 0 atom stereocenters. The van der Waals surface area contributed by atoms with E-state index >= 15 is 0 Å². The summed E-state index contributed by atoms with van der Waals surface area (Å²) in [7, 11) is 1.57. The summed E-state index contributed by atoms with van der Waals surface area (Å²) in [6.45, 7) is 0.982. The number of anilines is 1. The average molecular weight is 405 g/mol. The van der Waals surface area contributed by atoms with Crippen molar-refractivity contribution in [1.82, 2.24) is 19.7 Å². The number of nitrogens with zero attached hydrogens (tertiary/aromatic N) is 4. The Labute approximate surface area is 171 Å². The van der Waals surface area contributed by atoms with Crippen LogP contribution in [0.25, 0.3) is 16.7 Å². The molecular weight excluding hydrogens is 384 g/mol. The van der Waals surface area contributed by atoms with Crippen LogP contribution in [0.3, 0.4) is 0 Å². The highest BCUT2D eigenvalue weighted by molar-refractivity contribution is 6.00. The van der Waals surface area contributed by atoms with Crippen LogP contribution in [0.5, 0.6) is 0 Å². The number of aromatic nitrogens is 4. The van der Waals surface area contributed by atoms with Crippen LogP contribution >= 0.6 is 0 Å². The maximum absolute atomic E-state index is 13.1. The molecular formula is C21H21N6O3+. The normalized spacial score (nSPS) is 11.1. The number of amides is 1. The molecule has 0 saturated carbocycles. The van der Waals surface area contributed by atoms with E-state index in [0.717, 1.165) is 5.56 Å². The lowest BCUT2D eigenvalue weighted by Crippen LogP contribution is -2.44. The van der Waals surface area contributed by atoms with Crippen molar-refractivity contribution in [3.8, 4) is 0 Å². The van der Waals surface area contributed by atoms with E-state index in [1.165, 1.54) is 10.5 Å². The summed E-state index contributed by atoms with van der Waals surface area (Å²) in [6, 6.07) is 10.4. The van der Waals surface area contributed by atoms with Gasteiger partial charge < -0.3 is 15.8 Å². The standard InChI is InChI=1S/C21H20N6O3/c1-30-10-9-27-18(22)15(20(28)24-13-14-5-4-7-23-12-14)11-16-19(27)25-17-6-2-3-8-26(17)21(16)29/h2-8,11-12,22H,9-10,13H2,1H3,(H,24,28)/p+1. The highest BCUT2D eigenvalue weighted by Crippen LogP contribution is 2.15. The second-order valence-corrected chi connectivity index (χ2v) is 6.71. The maximum atomic E-state index is 13.1. The van der Waals surface area contributed by atoms with Gasteiger partial charge in [-0.3, -0.25) is 19.0 Å². The van der Waals surface area contributed by atoms with Gasteiger partial charge in [0.25, 0.3) is 17.1 Å². The summed E-state index contributed by atoms with van der Waals surface area (Å²) in [6.07, 6.45) is 4.98. The van der Waals surface area contributed by atoms with Crippen LogP contribution in [0, 0.1) is 0 Å². The van der Waals surface area contributed by atoms with Crippen LogP contribution < -0.4 is 21.2 Å². The van der Waals surface area contributed by atoms with Gasteiger partial charge in [0.05, 0.1) is 13.2 Å². The van der Waals surface area contributed by atoms with Crippen molar-refractivity contribution in [2.75, 3.05) is 19.5 Å². The van der Waals surface area contributed by atoms with E-state index in [-0.39, 0.29) is 29.4 Å². The minimum atomic E-state index is -0.387. The molecule has 30 heavy (non-hydrogen) atoms. The Hall–Kier alpha value is -3.85. The fraction of sp³-hybridized carbons (Fsp3) is 0.190. The number of carbonyl (C=O) groups is 1. The number of hydrogen-bond acceptors (Lipinski definition) is 6. The van der Waals surface area contributed by atoms with Gasteiger partial charge in [0.15, 0.2) is 0 Å². The summed E-state index contributed by atoms with van der Waals surface area (Å²) in [5.41, 5.74) is 8.02. The molecule has 0 unspecified atom stereocenters. The zero-order valence-electron chi connectivity index (χ0n) is 16.4. The topological polar surface area (TPSA) is 115 Å². The molecule has 3 N–H and O–H groups in total. The van der Waals surface area contributed by atoms with E-state index in [1.807, 2.05) is 6.07 Å². The monoisotopic (exact) mass is 405 g/mol. The maximum Gasteiger partial charge on any atom is 0.278 e. The van der Waals surface area contributed by atoms with Crippen molar-refractivity contribution in [3.63, 3.8) is 0 Å². The summed E-state index contributed by atoms with van der Waals surface area (Å²) >= 11 is 0. The molecule has 0 bridgehead atoms. The number of pyridine rings is 3. The number of carbonyl (C=O) groups excluding carboxylic acids is 1. The lowest BCUT2D eigenvalue weighted by molar-refractivity contribution is -0.660. The summed E-state index contributed by atoms with van der Waals surface area (Å²) in [5, 5.41) is 3.13.